The zero-order valence-electron chi connectivity index (χ0n) is 11.0. The molecule has 0 fully saturated rings. The van der Waals surface area contributed by atoms with Crippen LogP contribution in [0.15, 0.2) is 16.5 Å². The first kappa shape index (κ1) is 17.0. The molecule has 18 heavy (non-hydrogen) atoms. The molecule has 5 nitrogen and oxygen atoms in total. The van der Waals surface area contributed by atoms with E-state index in [1.54, 1.807) is 18.9 Å². The SMILES string of the molecule is COCCN(Cc1ccc(C)o1)C(=O)C(C)N.Cl. The number of rotatable bonds is 6. The average Bonchev–Trinajstić information content (AvgIpc) is 2.69. The van der Waals surface area contributed by atoms with Crippen LogP contribution in [0.1, 0.15) is 18.4 Å². The number of hydrogen-bond donors (Lipinski definition) is 1. The van der Waals surface area contributed by atoms with E-state index in [0.717, 1.165) is 11.5 Å². The molecule has 2 N–H and O–H groups in total. The fourth-order valence-electron chi connectivity index (χ4n) is 1.51. The van der Waals surface area contributed by atoms with E-state index < -0.39 is 6.04 Å². The third-order valence-corrected chi connectivity index (χ3v) is 2.41. The van der Waals surface area contributed by atoms with Crippen molar-refractivity contribution in [3.63, 3.8) is 0 Å². The van der Waals surface area contributed by atoms with Crippen molar-refractivity contribution in [1.82, 2.24) is 4.90 Å². The van der Waals surface area contributed by atoms with Crippen LogP contribution in [0.25, 0.3) is 0 Å². The summed E-state index contributed by atoms with van der Waals surface area (Å²) in [5, 5.41) is 0. The van der Waals surface area contributed by atoms with Gasteiger partial charge in [0.2, 0.25) is 5.91 Å². The van der Waals surface area contributed by atoms with Gasteiger partial charge in [0, 0.05) is 13.7 Å². The second kappa shape index (κ2) is 8.13. The smallest absolute Gasteiger partial charge is 0.239 e. The van der Waals surface area contributed by atoms with Crippen LogP contribution in [-0.2, 0) is 16.1 Å². The largest absolute Gasteiger partial charge is 0.464 e. The van der Waals surface area contributed by atoms with Crippen molar-refractivity contribution in [2.24, 2.45) is 5.73 Å². The molecule has 0 aliphatic heterocycles. The minimum absolute atomic E-state index is 0. The summed E-state index contributed by atoms with van der Waals surface area (Å²) in [6, 6.07) is 3.23. The van der Waals surface area contributed by atoms with Crippen LogP contribution in [0.5, 0.6) is 0 Å². The van der Waals surface area contributed by atoms with E-state index in [1.165, 1.54) is 0 Å². The van der Waals surface area contributed by atoms with Gasteiger partial charge in [-0.3, -0.25) is 4.79 Å². The van der Waals surface area contributed by atoms with E-state index in [-0.39, 0.29) is 18.3 Å². The summed E-state index contributed by atoms with van der Waals surface area (Å²) in [5.41, 5.74) is 5.60. The molecule has 0 bridgehead atoms. The maximum absolute atomic E-state index is 11.9. The Labute approximate surface area is 114 Å². The molecule has 1 heterocycles. The van der Waals surface area contributed by atoms with Crippen molar-refractivity contribution in [2.75, 3.05) is 20.3 Å². The molecular formula is C12H21ClN2O3. The Morgan fingerprint density at radius 1 is 1.56 bits per heavy atom. The monoisotopic (exact) mass is 276 g/mol. The van der Waals surface area contributed by atoms with Crippen molar-refractivity contribution in [3.05, 3.63) is 23.7 Å². The molecule has 0 aliphatic carbocycles. The van der Waals surface area contributed by atoms with Gasteiger partial charge in [0.05, 0.1) is 19.2 Å². The highest BCUT2D eigenvalue weighted by Crippen LogP contribution is 2.10. The van der Waals surface area contributed by atoms with E-state index in [2.05, 4.69) is 0 Å². The molecule has 1 amide bonds. The fraction of sp³-hybridized carbons (Fsp3) is 0.583. The Bertz CT molecular complexity index is 366. The number of ether oxygens (including phenoxy) is 1. The minimum atomic E-state index is -0.511. The Kier molecular flexibility index (Phi) is 7.66. The topological polar surface area (TPSA) is 68.7 Å². The Morgan fingerprint density at radius 3 is 2.67 bits per heavy atom. The lowest BCUT2D eigenvalue weighted by molar-refractivity contribution is -0.133. The number of aryl methyl sites for hydroxylation is 1. The van der Waals surface area contributed by atoms with Gasteiger partial charge in [-0.1, -0.05) is 0 Å². The summed E-state index contributed by atoms with van der Waals surface area (Å²) in [4.78, 5) is 13.5. The molecule has 104 valence electrons. The first-order valence-electron chi connectivity index (χ1n) is 5.63. The van der Waals surface area contributed by atoms with Gasteiger partial charge in [0.1, 0.15) is 11.5 Å². The van der Waals surface area contributed by atoms with Gasteiger partial charge in [0.25, 0.3) is 0 Å². The van der Waals surface area contributed by atoms with Gasteiger partial charge in [-0.25, -0.2) is 0 Å². The van der Waals surface area contributed by atoms with Crippen molar-refractivity contribution in [2.45, 2.75) is 26.4 Å². The summed E-state index contributed by atoms with van der Waals surface area (Å²) in [7, 11) is 1.60. The Hall–Kier alpha value is -1.04. The summed E-state index contributed by atoms with van der Waals surface area (Å²) in [6.45, 7) is 4.97. The quantitative estimate of drug-likeness (QED) is 0.851. The molecule has 6 heteroatoms. The zero-order chi connectivity index (χ0) is 12.8. The van der Waals surface area contributed by atoms with Gasteiger partial charge >= 0.3 is 0 Å². The summed E-state index contributed by atoms with van der Waals surface area (Å²) in [5.74, 6) is 1.49. The maximum Gasteiger partial charge on any atom is 0.239 e. The molecular weight excluding hydrogens is 256 g/mol. The van der Waals surface area contributed by atoms with Crippen molar-refractivity contribution >= 4 is 18.3 Å². The highest BCUT2D eigenvalue weighted by atomic mass is 35.5. The van der Waals surface area contributed by atoms with Crippen LogP contribution < -0.4 is 5.73 Å². The second-order valence-corrected chi connectivity index (χ2v) is 4.05. The van der Waals surface area contributed by atoms with Crippen molar-refractivity contribution in [3.8, 4) is 0 Å². The summed E-state index contributed by atoms with van der Waals surface area (Å²) < 4.78 is 10.4. The number of carbonyl (C=O) groups is 1. The number of halogens is 1. The predicted octanol–water partition coefficient (Wildman–Crippen LogP) is 1.33. The second-order valence-electron chi connectivity index (χ2n) is 4.05. The lowest BCUT2D eigenvalue weighted by Gasteiger charge is -2.23. The van der Waals surface area contributed by atoms with Gasteiger partial charge in [0.15, 0.2) is 0 Å². The third kappa shape index (κ3) is 5.08. The number of methoxy groups -OCH3 is 1. The highest BCUT2D eigenvalue weighted by Gasteiger charge is 2.18. The Morgan fingerprint density at radius 2 is 2.22 bits per heavy atom. The van der Waals surface area contributed by atoms with Crippen LogP contribution in [0, 0.1) is 6.92 Å². The van der Waals surface area contributed by atoms with Crippen molar-refractivity contribution in [1.29, 1.82) is 0 Å². The molecule has 0 saturated carbocycles. The first-order valence-corrected chi connectivity index (χ1v) is 5.63. The molecule has 0 aliphatic rings. The van der Waals surface area contributed by atoms with Gasteiger partial charge in [-0.2, -0.15) is 0 Å². The molecule has 0 saturated heterocycles. The number of hydrogen-bond acceptors (Lipinski definition) is 4. The summed E-state index contributed by atoms with van der Waals surface area (Å²) in [6.07, 6.45) is 0. The molecule has 1 atom stereocenters. The number of nitrogens with two attached hydrogens (primary N) is 1. The van der Waals surface area contributed by atoms with Gasteiger partial charge < -0.3 is 19.8 Å². The normalized spacial score (nSPS) is 11.8. The van der Waals surface area contributed by atoms with Crippen LogP contribution in [-0.4, -0.2) is 37.1 Å². The first-order chi connectivity index (χ1) is 8.04. The molecule has 0 spiro atoms. The lowest BCUT2D eigenvalue weighted by atomic mass is 10.3. The van der Waals surface area contributed by atoms with Crippen LogP contribution in [0.3, 0.4) is 0 Å². The zero-order valence-corrected chi connectivity index (χ0v) is 11.8. The predicted molar refractivity (Wildman–Crippen MR) is 71.6 cm³/mol. The van der Waals surface area contributed by atoms with E-state index in [1.807, 2.05) is 19.1 Å². The maximum atomic E-state index is 11.9. The number of furan rings is 1. The van der Waals surface area contributed by atoms with Gasteiger partial charge in [-0.15, -0.1) is 12.4 Å². The molecule has 1 unspecified atom stereocenters. The Balaban J connectivity index is 0.00000289. The lowest BCUT2D eigenvalue weighted by Crippen LogP contribution is -2.43. The molecule has 0 aromatic carbocycles. The van der Waals surface area contributed by atoms with E-state index in [9.17, 15) is 4.79 Å². The standard InChI is InChI=1S/C12H20N2O3.ClH/c1-9-4-5-11(17-9)8-14(6-7-16-3)12(15)10(2)13;/h4-5,10H,6-8,13H2,1-3H3;1H. The van der Waals surface area contributed by atoms with Crippen LogP contribution in [0.4, 0.5) is 0 Å². The minimum Gasteiger partial charge on any atom is -0.464 e. The van der Waals surface area contributed by atoms with Gasteiger partial charge in [-0.05, 0) is 26.0 Å². The highest BCUT2D eigenvalue weighted by molar-refractivity contribution is 5.85. The number of amides is 1. The molecule has 0 radical (unpaired) electrons. The van der Waals surface area contributed by atoms with E-state index >= 15 is 0 Å². The molecule has 1 rings (SSSR count). The number of nitrogens with zero attached hydrogens (tertiary/aromatic N) is 1. The van der Waals surface area contributed by atoms with Crippen LogP contribution >= 0.6 is 12.4 Å². The fourth-order valence-corrected chi connectivity index (χ4v) is 1.51. The number of carbonyl (C=O) groups excluding carboxylic acids is 1. The molecule has 1 aromatic rings. The third-order valence-electron chi connectivity index (χ3n) is 2.41. The van der Waals surface area contributed by atoms with E-state index in [0.29, 0.717) is 19.7 Å². The van der Waals surface area contributed by atoms with Crippen molar-refractivity contribution < 1.29 is 13.9 Å². The molecule has 1 aromatic heterocycles. The average molecular weight is 277 g/mol. The summed E-state index contributed by atoms with van der Waals surface area (Å²) >= 11 is 0. The van der Waals surface area contributed by atoms with Crippen LogP contribution in [0.2, 0.25) is 0 Å². The van der Waals surface area contributed by atoms with E-state index in [4.69, 9.17) is 14.9 Å².